The fourth-order valence-electron chi connectivity index (χ4n) is 4.19. The van der Waals surface area contributed by atoms with Crippen molar-refractivity contribution < 1.29 is 14.6 Å². The summed E-state index contributed by atoms with van der Waals surface area (Å²) in [5.74, 6) is 0. The van der Waals surface area contributed by atoms with E-state index in [-0.39, 0.29) is 18.0 Å². The number of aromatic nitrogens is 1. The van der Waals surface area contributed by atoms with Crippen LogP contribution in [0.4, 0.5) is 4.79 Å². The second kappa shape index (κ2) is 12.0. The molecule has 186 valence electrons. The summed E-state index contributed by atoms with van der Waals surface area (Å²) in [4.78, 5) is 16.0. The standard InChI is InChI=1S/C29H37N3O3/c1-20-10-15-25(31-19-20)23-13-11-22(12-14-23)17-26(32-29(2,3)4)27(33)18-24(35-28(30)34)16-21-8-6-5-7-9-21/h5-15,19,24,26-27,32-33H,16-18H2,1-4H3,(H2,30,34)/t24-,26-,27-/m0/s1. The quantitative estimate of drug-likeness (QED) is 0.391. The van der Waals surface area contributed by atoms with Gasteiger partial charge in [-0.3, -0.25) is 4.98 Å². The Bertz CT molecular complexity index is 1060. The van der Waals surface area contributed by atoms with E-state index in [1.807, 2.05) is 49.5 Å². The van der Waals surface area contributed by atoms with Crippen LogP contribution >= 0.6 is 0 Å². The molecule has 1 amide bonds. The number of primary amides is 1. The minimum absolute atomic E-state index is 0.211. The molecule has 0 bridgehead atoms. The Balaban J connectivity index is 1.74. The van der Waals surface area contributed by atoms with Gasteiger partial charge < -0.3 is 20.9 Å². The van der Waals surface area contributed by atoms with Crippen LogP contribution in [0.5, 0.6) is 0 Å². The molecule has 6 heteroatoms. The average Bonchev–Trinajstić information content (AvgIpc) is 2.79. The fourth-order valence-corrected chi connectivity index (χ4v) is 4.19. The highest BCUT2D eigenvalue weighted by atomic mass is 16.6. The van der Waals surface area contributed by atoms with Crippen LogP contribution in [-0.4, -0.2) is 40.0 Å². The number of hydrogen-bond donors (Lipinski definition) is 3. The van der Waals surface area contributed by atoms with Gasteiger partial charge in [0.2, 0.25) is 0 Å². The molecule has 6 nitrogen and oxygen atoms in total. The molecule has 0 saturated carbocycles. The molecule has 0 radical (unpaired) electrons. The van der Waals surface area contributed by atoms with Gasteiger partial charge in [-0.2, -0.15) is 0 Å². The van der Waals surface area contributed by atoms with Gasteiger partial charge >= 0.3 is 6.09 Å². The van der Waals surface area contributed by atoms with Crippen LogP contribution in [0.3, 0.4) is 0 Å². The van der Waals surface area contributed by atoms with E-state index in [2.05, 4.69) is 61.4 Å². The molecule has 4 N–H and O–H groups in total. The van der Waals surface area contributed by atoms with Gasteiger partial charge in [0.05, 0.1) is 11.8 Å². The normalized spacial score (nSPS) is 14.2. The Morgan fingerprint density at radius 3 is 2.23 bits per heavy atom. The predicted molar refractivity (Wildman–Crippen MR) is 140 cm³/mol. The lowest BCUT2D eigenvalue weighted by Crippen LogP contribution is -2.51. The number of nitrogens with two attached hydrogens (primary N) is 1. The average molecular weight is 476 g/mol. The van der Waals surface area contributed by atoms with Crippen LogP contribution in [0, 0.1) is 6.92 Å². The minimum Gasteiger partial charge on any atom is -0.446 e. The van der Waals surface area contributed by atoms with Crippen molar-refractivity contribution in [1.82, 2.24) is 10.3 Å². The van der Waals surface area contributed by atoms with Crippen molar-refractivity contribution in [1.29, 1.82) is 0 Å². The summed E-state index contributed by atoms with van der Waals surface area (Å²) in [7, 11) is 0. The molecule has 0 aliphatic carbocycles. The summed E-state index contributed by atoms with van der Waals surface area (Å²) in [6, 6.07) is 21.8. The first-order chi connectivity index (χ1) is 16.6. The third-order valence-corrected chi connectivity index (χ3v) is 5.79. The van der Waals surface area contributed by atoms with Gasteiger partial charge in [0.15, 0.2) is 0 Å². The predicted octanol–water partition coefficient (Wildman–Crippen LogP) is 4.81. The number of nitrogens with zero attached hydrogens (tertiary/aromatic N) is 1. The topological polar surface area (TPSA) is 97.5 Å². The van der Waals surface area contributed by atoms with Crippen molar-refractivity contribution >= 4 is 6.09 Å². The summed E-state index contributed by atoms with van der Waals surface area (Å²) < 4.78 is 5.37. The molecule has 0 fully saturated rings. The summed E-state index contributed by atoms with van der Waals surface area (Å²) in [6.07, 6.45) is 1.14. The van der Waals surface area contributed by atoms with Crippen molar-refractivity contribution in [2.24, 2.45) is 5.73 Å². The Morgan fingerprint density at radius 1 is 1.00 bits per heavy atom. The second-order valence-electron chi connectivity index (χ2n) is 10.2. The third kappa shape index (κ3) is 8.81. The fraction of sp³-hybridized carbons (Fsp3) is 0.379. The molecule has 3 aromatic rings. The van der Waals surface area contributed by atoms with Crippen molar-refractivity contribution in [2.75, 3.05) is 0 Å². The van der Waals surface area contributed by atoms with Gasteiger partial charge in [0, 0.05) is 36.2 Å². The van der Waals surface area contributed by atoms with E-state index in [4.69, 9.17) is 10.5 Å². The first-order valence-electron chi connectivity index (χ1n) is 12.1. The zero-order valence-corrected chi connectivity index (χ0v) is 21.1. The van der Waals surface area contributed by atoms with Gasteiger partial charge in [-0.15, -0.1) is 0 Å². The smallest absolute Gasteiger partial charge is 0.404 e. The van der Waals surface area contributed by atoms with Crippen LogP contribution in [0.15, 0.2) is 72.9 Å². The van der Waals surface area contributed by atoms with Crippen molar-refractivity contribution in [3.05, 3.63) is 89.6 Å². The van der Waals surface area contributed by atoms with E-state index < -0.39 is 18.3 Å². The monoisotopic (exact) mass is 475 g/mol. The highest BCUT2D eigenvalue weighted by molar-refractivity contribution is 5.64. The molecule has 3 rings (SSSR count). The lowest BCUT2D eigenvalue weighted by Gasteiger charge is -2.33. The number of pyridine rings is 1. The van der Waals surface area contributed by atoms with E-state index in [0.717, 1.165) is 27.9 Å². The van der Waals surface area contributed by atoms with Crippen molar-refractivity contribution in [3.8, 4) is 11.3 Å². The second-order valence-corrected chi connectivity index (χ2v) is 10.2. The van der Waals surface area contributed by atoms with Gasteiger partial charge in [-0.1, -0.05) is 60.7 Å². The van der Waals surface area contributed by atoms with Gasteiger partial charge in [0.1, 0.15) is 6.10 Å². The Morgan fingerprint density at radius 2 is 1.66 bits per heavy atom. The first-order valence-corrected chi connectivity index (χ1v) is 12.1. The van der Waals surface area contributed by atoms with E-state index >= 15 is 0 Å². The molecular weight excluding hydrogens is 438 g/mol. The molecule has 3 atom stereocenters. The van der Waals surface area contributed by atoms with E-state index in [0.29, 0.717) is 12.8 Å². The highest BCUT2D eigenvalue weighted by Crippen LogP contribution is 2.21. The van der Waals surface area contributed by atoms with Crippen LogP contribution in [0.2, 0.25) is 0 Å². The van der Waals surface area contributed by atoms with Crippen LogP contribution in [0.1, 0.15) is 43.9 Å². The maximum absolute atomic E-state index is 11.5. The van der Waals surface area contributed by atoms with E-state index in [1.165, 1.54) is 0 Å². The van der Waals surface area contributed by atoms with Crippen LogP contribution in [-0.2, 0) is 17.6 Å². The van der Waals surface area contributed by atoms with E-state index in [9.17, 15) is 9.90 Å². The number of carbonyl (C=O) groups excluding carboxylic acids is 1. The number of ether oxygens (including phenoxy) is 1. The van der Waals surface area contributed by atoms with Gasteiger partial charge in [-0.25, -0.2) is 4.79 Å². The van der Waals surface area contributed by atoms with Crippen molar-refractivity contribution in [2.45, 2.75) is 70.7 Å². The summed E-state index contributed by atoms with van der Waals surface area (Å²) in [5.41, 5.74) is 10.3. The number of carbonyl (C=O) groups is 1. The molecular formula is C29H37N3O3. The van der Waals surface area contributed by atoms with Crippen LogP contribution in [0.25, 0.3) is 11.3 Å². The maximum Gasteiger partial charge on any atom is 0.404 e. The number of benzene rings is 2. The number of aryl methyl sites for hydroxylation is 1. The Hall–Kier alpha value is -3.22. The molecule has 0 saturated heterocycles. The number of aliphatic hydroxyl groups is 1. The maximum atomic E-state index is 11.5. The SMILES string of the molecule is Cc1ccc(-c2ccc(C[C@H](NC(C)(C)C)[C@@H](O)C[C@H](Cc3ccccc3)OC(N)=O)cc2)nc1. The first kappa shape index (κ1) is 26.4. The highest BCUT2D eigenvalue weighted by Gasteiger charge is 2.28. The van der Waals surface area contributed by atoms with Crippen LogP contribution < -0.4 is 11.1 Å². The minimum atomic E-state index is -0.834. The summed E-state index contributed by atoms with van der Waals surface area (Å²) in [5, 5.41) is 14.8. The van der Waals surface area contributed by atoms with Gasteiger partial charge in [-0.05, 0) is 56.9 Å². The lowest BCUT2D eigenvalue weighted by molar-refractivity contribution is 0.0374. The molecule has 1 aromatic heterocycles. The summed E-state index contributed by atoms with van der Waals surface area (Å²) >= 11 is 0. The number of hydrogen-bond acceptors (Lipinski definition) is 5. The molecule has 0 spiro atoms. The third-order valence-electron chi connectivity index (χ3n) is 5.79. The molecule has 0 aliphatic rings. The molecule has 0 aliphatic heterocycles. The number of aliphatic hydroxyl groups excluding tert-OH is 1. The Kier molecular flexibility index (Phi) is 9.01. The zero-order valence-electron chi connectivity index (χ0n) is 21.1. The van der Waals surface area contributed by atoms with E-state index in [1.54, 1.807) is 0 Å². The molecule has 1 heterocycles. The summed E-state index contributed by atoms with van der Waals surface area (Å²) in [6.45, 7) is 8.23. The Labute approximate surface area is 208 Å². The number of rotatable bonds is 10. The number of amides is 1. The number of nitrogens with one attached hydrogen (secondary N) is 1. The molecule has 0 unspecified atom stereocenters. The van der Waals surface area contributed by atoms with Crippen molar-refractivity contribution in [3.63, 3.8) is 0 Å². The molecule has 2 aromatic carbocycles. The zero-order chi connectivity index (χ0) is 25.4. The lowest BCUT2D eigenvalue weighted by atomic mass is 9.92. The van der Waals surface area contributed by atoms with Gasteiger partial charge in [0.25, 0.3) is 0 Å². The largest absolute Gasteiger partial charge is 0.446 e. The molecule has 35 heavy (non-hydrogen) atoms.